The zero-order valence-electron chi connectivity index (χ0n) is 18.2. The summed E-state index contributed by atoms with van der Waals surface area (Å²) in [6.45, 7) is 1.79. The Balaban J connectivity index is 1.44. The van der Waals surface area contributed by atoms with E-state index in [2.05, 4.69) is 22.9 Å². The molecule has 166 valence electrons. The third-order valence-corrected chi connectivity index (χ3v) is 7.48. The molecule has 2 aliphatic rings. The summed E-state index contributed by atoms with van der Waals surface area (Å²) in [5.74, 6) is -0.287. The van der Waals surface area contributed by atoms with Crippen LogP contribution in [0.5, 0.6) is 0 Å². The monoisotopic (exact) mass is 449 g/mol. The number of benzene rings is 1. The Morgan fingerprint density at radius 1 is 1.12 bits per heavy atom. The van der Waals surface area contributed by atoms with Crippen molar-refractivity contribution in [1.29, 1.82) is 0 Å². The topological polar surface area (TPSA) is 65.8 Å². The molecule has 5 rings (SSSR count). The van der Waals surface area contributed by atoms with Crippen LogP contribution < -0.4 is 0 Å². The lowest BCUT2D eigenvalue weighted by Crippen LogP contribution is -2.41. The van der Waals surface area contributed by atoms with Crippen molar-refractivity contribution in [3.05, 3.63) is 64.1 Å². The summed E-state index contributed by atoms with van der Waals surface area (Å²) >= 11 is 1.49. The molecule has 0 bridgehead atoms. The molecule has 1 unspecified atom stereocenters. The number of carbonyl (C=O) groups excluding carboxylic acids is 2. The predicted molar refractivity (Wildman–Crippen MR) is 126 cm³/mol. The highest BCUT2D eigenvalue weighted by molar-refractivity contribution is 7.11. The van der Waals surface area contributed by atoms with Crippen LogP contribution in [0.15, 0.2) is 53.7 Å². The van der Waals surface area contributed by atoms with Crippen molar-refractivity contribution in [1.82, 2.24) is 14.4 Å². The molecule has 1 N–H and O–H groups in total. The molecular formula is C25H27N3O3S. The van der Waals surface area contributed by atoms with Gasteiger partial charge in [0.2, 0.25) is 0 Å². The van der Waals surface area contributed by atoms with Gasteiger partial charge in [0.15, 0.2) is 0 Å². The van der Waals surface area contributed by atoms with E-state index in [0.717, 1.165) is 40.7 Å². The maximum Gasteiger partial charge on any atom is 0.277 e. The number of piperidine rings is 1. The minimum Gasteiger partial charge on any atom is -0.396 e. The van der Waals surface area contributed by atoms with E-state index in [1.165, 1.54) is 16.2 Å². The van der Waals surface area contributed by atoms with Gasteiger partial charge < -0.3 is 14.6 Å². The van der Waals surface area contributed by atoms with E-state index >= 15 is 0 Å². The molecule has 0 spiro atoms. The van der Waals surface area contributed by atoms with E-state index in [0.29, 0.717) is 30.8 Å². The number of rotatable bonds is 6. The molecule has 3 aromatic rings. The van der Waals surface area contributed by atoms with Gasteiger partial charge in [0.05, 0.1) is 5.57 Å². The lowest BCUT2D eigenvalue weighted by molar-refractivity contribution is -0.137. The highest BCUT2D eigenvalue weighted by atomic mass is 32.1. The van der Waals surface area contributed by atoms with E-state index in [4.69, 9.17) is 0 Å². The predicted octanol–water partition coefficient (Wildman–Crippen LogP) is 3.27. The number of para-hydroxylation sites is 1. The number of imide groups is 1. The largest absolute Gasteiger partial charge is 0.396 e. The van der Waals surface area contributed by atoms with Crippen molar-refractivity contribution in [2.45, 2.75) is 19.3 Å². The standard InChI is InChI=1S/C25H27N3O3S/c1-26-15-18(19-7-2-3-8-20(19)26)10-12-28-24(30)22(21-9-5-13-32-21)23(25(28)31)27-11-4-6-17(14-27)16-29/h2-3,5,7-9,13,15,17,29H,4,6,10-12,14,16H2,1H3. The molecule has 2 amide bonds. The minimum atomic E-state index is -0.211. The number of fused-ring (bicyclic) bond motifs is 1. The first-order chi connectivity index (χ1) is 15.6. The summed E-state index contributed by atoms with van der Waals surface area (Å²) < 4.78 is 2.09. The number of carbonyl (C=O) groups is 2. The van der Waals surface area contributed by atoms with E-state index in [-0.39, 0.29) is 24.3 Å². The van der Waals surface area contributed by atoms with E-state index in [1.807, 2.05) is 41.6 Å². The van der Waals surface area contributed by atoms with Gasteiger partial charge in [-0.05, 0) is 48.3 Å². The van der Waals surface area contributed by atoms with E-state index in [1.54, 1.807) is 0 Å². The van der Waals surface area contributed by atoms with Gasteiger partial charge in [-0.1, -0.05) is 24.3 Å². The zero-order valence-corrected chi connectivity index (χ0v) is 19.0. The molecule has 0 radical (unpaired) electrons. The highest BCUT2D eigenvalue weighted by Crippen LogP contribution is 2.36. The number of thiophene rings is 1. The Kier molecular flexibility index (Phi) is 5.61. The molecule has 1 aromatic carbocycles. The molecule has 6 nitrogen and oxygen atoms in total. The van der Waals surface area contributed by atoms with Crippen molar-refractivity contribution in [2.24, 2.45) is 13.0 Å². The third-order valence-electron chi connectivity index (χ3n) is 6.59. The van der Waals surface area contributed by atoms with Crippen LogP contribution in [0.4, 0.5) is 0 Å². The first-order valence-corrected chi connectivity index (χ1v) is 12.0. The van der Waals surface area contributed by atoms with Crippen molar-refractivity contribution in [2.75, 3.05) is 26.2 Å². The van der Waals surface area contributed by atoms with Crippen LogP contribution in [-0.4, -0.2) is 57.5 Å². The second-order valence-electron chi connectivity index (χ2n) is 8.63. The molecule has 0 saturated carbocycles. The van der Waals surface area contributed by atoms with Gasteiger partial charge in [0.1, 0.15) is 5.70 Å². The first-order valence-electron chi connectivity index (χ1n) is 11.1. The number of hydrogen-bond acceptors (Lipinski definition) is 5. The summed E-state index contributed by atoms with van der Waals surface area (Å²) in [5.41, 5.74) is 3.30. The summed E-state index contributed by atoms with van der Waals surface area (Å²) in [5, 5.41) is 12.8. The van der Waals surface area contributed by atoms with Crippen LogP contribution >= 0.6 is 11.3 Å². The van der Waals surface area contributed by atoms with Gasteiger partial charge in [-0.3, -0.25) is 14.5 Å². The van der Waals surface area contributed by atoms with E-state index in [9.17, 15) is 14.7 Å². The maximum absolute atomic E-state index is 13.5. The molecule has 1 fully saturated rings. The number of nitrogens with zero attached hydrogens (tertiary/aromatic N) is 3. The summed E-state index contributed by atoms with van der Waals surface area (Å²) in [6.07, 6.45) is 4.55. The number of aryl methyl sites for hydroxylation is 1. The number of aromatic nitrogens is 1. The number of amides is 2. The molecule has 7 heteroatoms. The Hall–Kier alpha value is -2.90. The molecule has 32 heavy (non-hydrogen) atoms. The van der Waals surface area contributed by atoms with Gasteiger partial charge in [-0.15, -0.1) is 11.3 Å². The van der Waals surface area contributed by atoms with Gasteiger partial charge in [-0.25, -0.2) is 0 Å². The Labute approximate surface area is 191 Å². The number of aliphatic hydroxyl groups is 1. The van der Waals surface area contributed by atoms with Crippen molar-refractivity contribution < 1.29 is 14.7 Å². The van der Waals surface area contributed by atoms with Gasteiger partial charge in [-0.2, -0.15) is 0 Å². The van der Waals surface area contributed by atoms with Gasteiger partial charge in [0, 0.05) is 55.3 Å². The second-order valence-corrected chi connectivity index (χ2v) is 9.58. The highest BCUT2D eigenvalue weighted by Gasteiger charge is 2.42. The first kappa shape index (κ1) is 21.0. The molecule has 2 aromatic heterocycles. The van der Waals surface area contributed by atoms with E-state index < -0.39 is 0 Å². The van der Waals surface area contributed by atoms with Crippen LogP contribution in [0, 0.1) is 5.92 Å². The fourth-order valence-electron chi connectivity index (χ4n) is 4.98. The summed E-state index contributed by atoms with van der Waals surface area (Å²) in [4.78, 5) is 31.3. The molecule has 2 aliphatic heterocycles. The van der Waals surface area contributed by atoms with Gasteiger partial charge >= 0.3 is 0 Å². The normalized spacial score (nSPS) is 19.6. The van der Waals surface area contributed by atoms with Crippen LogP contribution in [0.1, 0.15) is 23.3 Å². The summed E-state index contributed by atoms with van der Waals surface area (Å²) in [7, 11) is 2.01. The molecule has 4 heterocycles. The van der Waals surface area contributed by atoms with Crippen LogP contribution in [0.2, 0.25) is 0 Å². The smallest absolute Gasteiger partial charge is 0.277 e. The quantitative estimate of drug-likeness (QED) is 0.587. The Morgan fingerprint density at radius 2 is 1.97 bits per heavy atom. The lowest BCUT2D eigenvalue weighted by Gasteiger charge is -2.34. The number of hydrogen-bond donors (Lipinski definition) is 1. The van der Waals surface area contributed by atoms with Crippen LogP contribution in [-0.2, 0) is 23.1 Å². The molecule has 1 atom stereocenters. The number of aliphatic hydroxyl groups excluding tert-OH is 1. The van der Waals surface area contributed by atoms with Crippen molar-refractivity contribution >= 4 is 39.6 Å². The summed E-state index contributed by atoms with van der Waals surface area (Å²) in [6, 6.07) is 12.0. The fourth-order valence-corrected chi connectivity index (χ4v) is 5.74. The minimum absolute atomic E-state index is 0.102. The average Bonchev–Trinajstić information content (AvgIpc) is 3.51. The maximum atomic E-state index is 13.5. The number of likely N-dealkylation sites (tertiary alicyclic amines) is 1. The second kappa shape index (κ2) is 8.56. The Bertz CT molecular complexity index is 1190. The van der Waals surface area contributed by atoms with Crippen LogP contribution in [0.25, 0.3) is 16.5 Å². The SMILES string of the molecule is Cn1cc(CCN2C(=O)C(c3cccs3)=C(N3CCCC(CO)C3)C2=O)c2ccccc21. The fraction of sp³-hybridized carbons (Fsp3) is 0.360. The molecular weight excluding hydrogens is 422 g/mol. The zero-order chi connectivity index (χ0) is 22.2. The lowest BCUT2D eigenvalue weighted by atomic mass is 9.98. The third kappa shape index (κ3) is 3.55. The van der Waals surface area contributed by atoms with Crippen LogP contribution in [0.3, 0.4) is 0 Å². The van der Waals surface area contributed by atoms with Crippen molar-refractivity contribution in [3.8, 4) is 0 Å². The van der Waals surface area contributed by atoms with Crippen molar-refractivity contribution in [3.63, 3.8) is 0 Å². The molecule has 0 aliphatic carbocycles. The Morgan fingerprint density at radius 3 is 2.75 bits per heavy atom. The van der Waals surface area contributed by atoms with Gasteiger partial charge in [0.25, 0.3) is 11.8 Å². The average molecular weight is 450 g/mol. The molecule has 1 saturated heterocycles.